The van der Waals surface area contributed by atoms with Crippen molar-refractivity contribution in [1.82, 2.24) is 29.9 Å². The van der Waals surface area contributed by atoms with Crippen LogP contribution in [0.5, 0.6) is 0 Å². The van der Waals surface area contributed by atoms with Crippen LogP contribution in [-0.2, 0) is 6.54 Å². The molecule has 0 spiro atoms. The third-order valence-corrected chi connectivity index (χ3v) is 4.19. The lowest BCUT2D eigenvalue weighted by atomic mass is 10.3. The highest BCUT2D eigenvalue weighted by molar-refractivity contribution is 6.31. The van der Waals surface area contributed by atoms with Crippen LogP contribution in [0.25, 0.3) is 16.7 Å². The SMILES string of the molecule is CN(Cc1nc2ccc(Cl)cc2[nH]1)C(=O)c1cn(-c2ccccc2)nn1. The number of benzene rings is 2. The molecule has 1 N–H and O–H groups in total. The van der Waals surface area contributed by atoms with Crippen molar-refractivity contribution in [2.24, 2.45) is 0 Å². The third kappa shape index (κ3) is 3.16. The molecule has 130 valence electrons. The molecule has 4 rings (SSSR count). The number of rotatable bonds is 4. The number of aromatic amines is 1. The Kier molecular flexibility index (Phi) is 4.14. The fourth-order valence-electron chi connectivity index (χ4n) is 2.67. The predicted molar refractivity (Wildman–Crippen MR) is 98.3 cm³/mol. The molecule has 2 aromatic carbocycles. The normalized spacial score (nSPS) is 11.0. The fraction of sp³-hybridized carbons (Fsp3) is 0.111. The van der Waals surface area contributed by atoms with Crippen LogP contribution in [0.3, 0.4) is 0 Å². The zero-order chi connectivity index (χ0) is 18.1. The summed E-state index contributed by atoms with van der Waals surface area (Å²) in [5.41, 5.74) is 2.76. The van der Waals surface area contributed by atoms with Gasteiger partial charge in [0.2, 0.25) is 0 Å². The van der Waals surface area contributed by atoms with E-state index >= 15 is 0 Å². The van der Waals surface area contributed by atoms with Crippen LogP contribution in [0.2, 0.25) is 5.02 Å². The van der Waals surface area contributed by atoms with Crippen LogP contribution in [0, 0.1) is 0 Å². The molecule has 0 aliphatic heterocycles. The highest BCUT2D eigenvalue weighted by atomic mass is 35.5. The molecule has 0 aliphatic rings. The van der Waals surface area contributed by atoms with Crippen molar-refractivity contribution < 1.29 is 4.79 Å². The average Bonchev–Trinajstić information content (AvgIpc) is 3.28. The minimum atomic E-state index is -0.231. The van der Waals surface area contributed by atoms with Crippen LogP contribution in [0.1, 0.15) is 16.3 Å². The van der Waals surface area contributed by atoms with E-state index < -0.39 is 0 Å². The summed E-state index contributed by atoms with van der Waals surface area (Å²) in [5.74, 6) is 0.444. The number of aromatic nitrogens is 5. The Morgan fingerprint density at radius 2 is 2.04 bits per heavy atom. The van der Waals surface area contributed by atoms with Crippen LogP contribution in [0.4, 0.5) is 0 Å². The van der Waals surface area contributed by atoms with Gasteiger partial charge in [-0.25, -0.2) is 9.67 Å². The molecule has 1 amide bonds. The van der Waals surface area contributed by atoms with Crippen molar-refractivity contribution in [3.05, 3.63) is 71.3 Å². The summed E-state index contributed by atoms with van der Waals surface area (Å²) in [6.07, 6.45) is 1.62. The van der Waals surface area contributed by atoms with E-state index in [1.807, 2.05) is 36.4 Å². The summed E-state index contributed by atoms with van der Waals surface area (Å²) < 4.78 is 1.57. The predicted octanol–water partition coefficient (Wildman–Crippen LogP) is 3.07. The van der Waals surface area contributed by atoms with Crippen molar-refractivity contribution in [2.45, 2.75) is 6.54 Å². The lowest BCUT2D eigenvalue weighted by molar-refractivity contribution is 0.0776. The van der Waals surface area contributed by atoms with Gasteiger partial charge in [0.25, 0.3) is 5.91 Å². The number of halogens is 1. The first-order valence-corrected chi connectivity index (χ1v) is 8.35. The number of hydrogen-bond donors (Lipinski definition) is 1. The highest BCUT2D eigenvalue weighted by Gasteiger charge is 2.18. The zero-order valence-corrected chi connectivity index (χ0v) is 14.7. The minimum Gasteiger partial charge on any atom is -0.340 e. The van der Waals surface area contributed by atoms with Gasteiger partial charge < -0.3 is 9.88 Å². The molecule has 8 heteroatoms. The fourth-order valence-corrected chi connectivity index (χ4v) is 2.84. The summed E-state index contributed by atoms with van der Waals surface area (Å²) in [4.78, 5) is 21.8. The van der Waals surface area contributed by atoms with E-state index in [4.69, 9.17) is 11.6 Å². The van der Waals surface area contributed by atoms with Crippen LogP contribution in [-0.4, -0.2) is 42.8 Å². The molecule has 26 heavy (non-hydrogen) atoms. The maximum absolute atomic E-state index is 12.6. The van der Waals surface area contributed by atoms with Gasteiger partial charge in [-0.3, -0.25) is 4.79 Å². The van der Waals surface area contributed by atoms with E-state index in [0.29, 0.717) is 17.4 Å². The van der Waals surface area contributed by atoms with Gasteiger partial charge in [-0.05, 0) is 30.3 Å². The smallest absolute Gasteiger partial charge is 0.276 e. The number of amides is 1. The Balaban J connectivity index is 1.51. The number of nitrogens with zero attached hydrogens (tertiary/aromatic N) is 5. The number of hydrogen-bond acceptors (Lipinski definition) is 4. The maximum Gasteiger partial charge on any atom is 0.276 e. The number of carbonyl (C=O) groups is 1. The van der Waals surface area contributed by atoms with E-state index in [0.717, 1.165) is 16.7 Å². The number of H-pyrrole nitrogens is 1. The van der Waals surface area contributed by atoms with Crippen LogP contribution >= 0.6 is 11.6 Å². The maximum atomic E-state index is 12.6. The van der Waals surface area contributed by atoms with Crippen molar-refractivity contribution in [3.63, 3.8) is 0 Å². The quantitative estimate of drug-likeness (QED) is 0.602. The molecule has 0 unspecified atom stereocenters. The van der Waals surface area contributed by atoms with E-state index in [1.54, 1.807) is 35.0 Å². The molecule has 2 heterocycles. The number of fused-ring (bicyclic) bond motifs is 1. The first kappa shape index (κ1) is 16.3. The summed E-state index contributed by atoms with van der Waals surface area (Å²) in [5, 5.41) is 8.64. The second-order valence-electron chi connectivity index (χ2n) is 5.89. The molecule has 2 aromatic heterocycles. The van der Waals surface area contributed by atoms with Gasteiger partial charge in [-0.1, -0.05) is 35.0 Å². The van der Waals surface area contributed by atoms with Crippen LogP contribution in [0.15, 0.2) is 54.7 Å². The molecular weight excluding hydrogens is 352 g/mol. The Morgan fingerprint density at radius 1 is 1.23 bits per heavy atom. The van der Waals surface area contributed by atoms with Gasteiger partial charge >= 0.3 is 0 Å². The van der Waals surface area contributed by atoms with Crippen molar-refractivity contribution in [3.8, 4) is 5.69 Å². The molecule has 0 bridgehead atoms. The number of carbonyl (C=O) groups excluding carboxylic acids is 1. The Morgan fingerprint density at radius 3 is 2.85 bits per heavy atom. The largest absolute Gasteiger partial charge is 0.340 e. The first-order valence-electron chi connectivity index (χ1n) is 7.97. The molecule has 0 radical (unpaired) electrons. The van der Waals surface area contributed by atoms with Crippen molar-refractivity contribution >= 4 is 28.5 Å². The first-order chi connectivity index (χ1) is 12.6. The van der Waals surface area contributed by atoms with Gasteiger partial charge in [0.1, 0.15) is 5.82 Å². The molecule has 0 fully saturated rings. The molecule has 0 aliphatic carbocycles. The zero-order valence-electron chi connectivity index (χ0n) is 13.9. The molecule has 7 nitrogen and oxygen atoms in total. The van der Waals surface area contributed by atoms with Gasteiger partial charge in [0.15, 0.2) is 5.69 Å². The summed E-state index contributed by atoms with van der Waals surface area (Å²) >= 11 is 5.99. The standard InChI is InChI=1S/C18H15ClN6O/c1-24(11-17-20-14-8-7-12(19)9-15(14)21-17)18(26)16-10-25(23-22-16)13-5-3-2-4-6-13/h2-10H,11H2,1H3,(H,20,21). The number of nitrogens with one attached hydrogen (secondary N) is 1. The lowest BCUT2D eigenvalue weighted by Gasteiger charge is -2.13. The Hall–Kier alpha value is -3.19. The number of imidazole rings is 1. The van der Waals surface area contributed by atoms with Crippen LogP contribution < -0.4 is 0 Å². The van der Waals surface area contributed by atoms with Gasteiger partial charge in [0, 0.05) is 12.1 Å². The van der Waals surface area contributed by atoms with E-state index in [2.05, 4.69) is 20.3 Å². The molecule has 4 aromatic rings. The highest BCUT2D eigenvalue weighted by Crippen LogP contribution is 2.18. The summed E-state index contributed by atoms with van der Waals surface area (Å²) in [6.45, 7) is 0.323. The minimum absolute atomic E-state index is 0.231. The van der Waals surface area contributed by atoms with Gasteiger partial charge in [-0.15, -0.1) is 5.10 Å². The van der Waals surface area contributed by atoms with Gasteiger partial charge in [0.05, 0.1) is 29.5 Å². The third-order valence-electron chi connectivity index (χ3n) is 3.96. The second-order valence-corrected chi connectivity index (χ2v) is 6.33. The topological polar surface area (TPSA) is 79.7 Å². The van der Waals surface area contributed by atoms with E-state index in [9.17, 15) is 4.79 Å². The van der Waals surface area contributed by atoms with Crippen molar-refractivity contribution in [1.29, 1.82) is 0 Å². The monoisotopic (exact) mass is 366 g/mol. The molecule has 0 atom stereocenters. The summed E-state index contributed by atoms with van der Waals surface area (Å²) in [6, 6.07) is 14.9. The Labute approximate surface area is 154 Å². The Bertz CT molecular complexity index is 1070. The average molecular weight is 367 g/mol. The molecule has 0 saturated heterocycles. The molecule has 0 saturated carbocycles. The lowest BCUT2D eigenvalue weighted by Crippen LogP contribution is -2.27. The second kappa shape index (κ2) is 6.61. The van der Waals surface area contributed by atoms with E-state index in [-0.39, 0.29) is 11.6 Å². The van der Waals surface area contributed by atoms with Crippen molar-refractivity contribution in [2.75, 3.05) is 7.05 Å². The number of para-hydroxylation sites is 1. The van der Waals surface area contributed by atoms with Gasteiger partial charge in [-0.2, -0.15) is 0 Å². The van der Waals surface area contributed by atoms with E-state index in [1.165, 1.54) is 0 Å². The summed E-state index contributed by atoms with van der Waals surface area (Å²) in [7, 11) is 1.70. The molecular formula is C18H15ClN6O.